The van der Waals surface area contributed by atoms with Gasteiger partial charge in [-0.3, -0.25) is 4.39 Å². The molecule has 0 spiro atoms. The predicted molar refractivity (Wildman–Crippen MR) is 67.1 cm³/mol. The Labute approximate surface area is 95.6 Å². The van der Waals surface area contributed by atoms with Crippen LogP contribution >= 0.6 is 0 Å². The van der Waals surface area contributed by atoms with Gasteiger partial charge in [-0.1, -0.05) is 77.6 Å². The maximum Gasteiger partial charge on any atom is 0.0894 e. The molecule has 0 rings (SSSR count). The summed E-state index contributed by atoms with van der Waals surface area (Å²) in [6.45, 7) is 2.13. The van der Waals surface area contributed by atoms with E-state index in [1.807, 2.05) is 0 Å². The lowest BCUT2D eigenvalue weighted by atomic mass is 10.1. The van der Waals surface area contributed by atoms with Gasteiger partial charge in [0.25, 0.3) is 0 Å². The Morgan fingerprint density at radius 1 is 0.533 bits per heavy atom. The van der Waals surface area contributed by atoms with Crippen molar-refractivity contribution < 1.29 is 4.39 Å². The van der Waals surface area contributed by atoms with Gasteiger partial charge in [0.2, 0.25) is 0 Å². The summed E-state index contributed by atoms with van der Waals surface area (Å²) in [5.74, 6) is 0. The number of hydrogen-bond donors (Lipinski definition) is 0. The minimum atomic E-state index is -0.128. The molecular weight excluding hydrogens is 187 g/mol. The zero-order valence-corrected chi connectivity index (χ0v) is 10.6. The van der Waals surface area contributed by atoms with E-state index in [4.69, 9.17) is 0 Å². The van der Waals surface area contributed by atoms with Crippen molar-refractivity contribution in [3.63, 3.8) is 0 Å². The lowest BCUT2D eigenvalue weighted by Gasteiger charge is -2.01. The van der Waals surface area contributed by atoms with E-state index in [1.165, 1.54) is 64.2 Å². The van der Waals surface area contributed by atoms with Crippen molar-refractivity contribution in [3.8, 4) is 0 Å². The molecule has 0 nitrogen and oxygen atoms in total. The third-order valence-electron chi connectivity index (χ3n) is 2.99. The smallest absolute Gasteiger partial charge is 0.0894 e. The highest BCUT2D eigenvalue weighted by Gasteiger charge is 1.92. The molecule has 15 heavy (non-hydrogen) atoms. The van der Waals surface area contributed by atoms with Gasteiger partial charge in [-0.2, -0.15) is 0 Å². The lowest BCUT2D eigenvalue weighted by Crippen LogP contribution is -1.83. The molecule has 0 heterocycles. The molecule has 0 amide bonds. The van der Waals surface area contributed by atoms with Crippen LogP contribution in [0.4, 0.5) is 4.39 Å². The number of hydrogen-bond acceptors (Lipinski definition) is 0. The summed E-state index contributed by atoms with van der Waals surface area (Å²) < 4.78 is 11.8. The topological polar surface area (TPSA) is 0 Å². The molecule has 0 aliphatic heterocycles. The lowest BCUT2D eigenvalue weighted by molar-refractivity contribution is 0.448. The summed E-state index contributed by atoms with van der Waals surface area (Å²) in [5.41, 5.74) is 0. The average Bonchev–Trinajstić information content (AvgIpc) is 2.26. The van der Waals surface area contributed by atoms with Crippen molar-refractivity contribution in [2.24, 2.45) is 0 Å². The van der Waals surface area contributed by atoms with Gasteiger partial charge in [-0.25, -0.2) is 0 Å². The number of halogens is 1. The van der Waals surface area contributed by atoms with E-state index in [9.17, 15) is 4.39 Å². The van der Waals surface area contributed by atoms with E-state index in [0.717, 1.165) is 12.8 Å². The molecular formula is C14H29F. The van der Waals surface area contributed by atoms with Crippen LogP contribution in [0.1, 0.15) is 84.0 Å². The minimum Gasteiger partial charge on any atom is -0.251 e. The molecule has 0 N–H and O–H groups in total. The molecule has 0 radical (unpaired) electrons. The Balaban J connectivity index is 2.81. The SMILES string of the molecule is CCCCCCCCCCCCCCF. The Hall–Kier alpha value is -0.0700. The van der Waals surface area contributed by atoms with Crippen molar-refractivity contribution in [2.75, 3.05) is 6.67 Å². The molecule has 0 fully saturated rings. The largest absolute Gasteiger partial charge is 0.251 e. The highest BCUT2D eigenvalue weighted by atomic mass is 19.1. The first-order chi connectivity index (χ1) is 7.41. The minimum absolute atomic E-state index is 0.128. The quantitative estimate of drug-likeness (QED) is 0.369. The summed E-state index contributed by atoms with van der Waals surface area (Å²) in [5, 5.41) is 0. The highest BCUT2D eigenvalue weighted by Crippen LogP contribution is 2.11. The van der Waals surface area contributed by atoms with Gasteiger partial charge >= 0.3 is 0 Å². The molecule has 0 unspecified atom stereocenters. The van der Waals surface area contributed by atoms with Crippen molar-refractivity contribution in [2.45, 2.75) is 84.0 Å². The summed E-state index contributed by atoms with van der Waals surface area (Å²) in [4.78, 5) is 0. The number of alkyl halides is 1. The molecule has 1 heteroatoms. The summed E-state index contributed by atoms with van der Waals surface area (Å²) in [6, 6.07) is 0. The molecule has 0 saturated carbocycles. The summed E-state index contributed by atoms with van der Waals surface area (Å²) in [7, 11) is 0. The van der Waals surface area contributed by atoms with Crippen LogP contribution in [0.2, 0.25) is 0 Å². The van der Waals surface area contributed by atoms with Gasteiger partial charge in [0.15, 0.2) is 0 Å². The van der Waals surface area contributed by atoms with Crippen LogP contribution < -0.4 is 0 Å². The Morgan fingerprint density at radius 2 is 0.867 bits per heavy atom. The van der Waals surface area contributed by atoms with Gasteiger partial charge < -0.3 is 0 Å². The average molecular weight is 216 g/mol. The highest BCUT2D eigenvalue weighted by molar-refractivity contribution is 4.48. The molecule has 0 aliphatic carbocycles. The van der Waals surface area contributed by atoms with E-state index >= 15 is 0 Å². The van der Waals surface area contributed by atoms with Crippen LogP contribution in [0.5, 0.6) is 0 Å². The fourth-order valence-electron chi connectivity index (χ4n) is 1.94. The summed E-state index contributed by atoms with van der Waals surface area (Å²) >= 11 is 0. The van der Waals surface area contributed by atoms with E-state index in [0.29, 0.717) is 0 Å². The van der Waals surface area contributed by atoms with Crippen LogP contribution in [0.25, 0.3) is 0 Å². The van der Waals surface area contributed by atoms with Crippen molar-refractivity contribution in [1.29, 1.82) is 0 Å². The van der Waals surface area contributed by atoms with Gasteiger partial charge in [0.05, 0.1) is 6.67 Å². The van der Waals surface area contributed by atoms with Crippen LogP contribution in [0, 0.1) is 0 Å². The Morgan fingerprint density at radius 3 is 1.20 bits per heavy atom. The third kappa shape index (κ3) is 13.9. The number of rotatable bonds is 12. The number of unbranched alkanes of at least 4 members (excludes halogenated alkanes) is 11. The van der Waals surface area contributed by atoms with Crippen molar-refractivity contribution >= 4 is 0 Å². The van der Waals surface area contributed by atoms with Gasteiger partial charge in [-0.05, 0) is 6.42 Å². The molecule has 0 bridgehead atoms. The predicted octanol–water partition coefficient (Wildman–Crippen LogP) is 5.66. The van der Waals surface area contributed by atoms with E-state index < -0.39 is 0 Å². The van der Waals surface area contributed by atoms with Crippen LogP contribution in [0.15, 0.2) is 0 Å². The monoisotopic (exact) mass is 216 g/mol. The molecule has 92 valence electrons. The molecule has 0 aromatic heterocycles. The molecule has 0 atom stereocenters. The zero-order valence-electron chi connectivity index (χ0n) is 10.6. The normalized spacial score (nSPS) is 10.8. The van der Waals surface area contributed by atoms with E-state index in [1.54, 1.807) is 0 Å². The first-order valence-corrected chi connectivity index (χ1v) is 6.97. The van der Waals surface area contributed by atoms with Crippen LogP contribution in [-0.2, 0) is 0 Å². The maximum atomic E-state index is 11.8. The standard InChI is InChI=1S/C14H29F/c1-2-3-4-5-6-7-8-9-10-11-12-13-14-15/h2-14H2,1H3. The van der Waals surface area contributed by atoms with Crippen LogP contribution in [-0.4, -0.2) is 6.67 Å². The van der Waals surface area contributed by atoms with Gasteiger partial charge in [-0.15, -0.1) is 0 Å². The van der Waals surface area contributed by atoms with Gasteiger partial charge in [0, 0.05) is 0 Å². The third-order valence-corrected chi connectivity index (χ3v) is 2.99. The fraction of sp³-hybridized carbons (Fsp3) is 1.00. The Bertz CT molecular complexity index is 89.5. The molecule has 0 saturated heterocycles. The Kier molecular flexibility index (Phi) is 13.9. The van der Waals surface area contributed by atoms with Crippen LogP contribution in [0.3, 0.4) is 0 Å². The van der Waals surface area contributed by atoms with E-state index in [-0.39, 0.29) is 6.67 Å². The van der Waals surface area contributed by atoms with Crippen molar-refractivity contribution in [1.82, 2.24) is 0 Å². The second-order valence-electron chi connectivity index (χ2n) is 4.58. The second kappa shape index (κ2) is 13.9. The zero-order chi connectivity index (χ0) is 11.2. The first-order valence-electron chi connectivity index (χ1n) is 6.97. The molecule has 0 aromatic carbocycles. The molecule has 0 aromatic rings. The van der Waals surface area contributed by atoms with E-state index in [2.05, 4.69) is 6.92 Å². The van der Waals surface area contributed by atoms with Crippen molar-refractivity contribution in [3.05, 3.63) is 0 Å². The van der Waals surface area contributed by atoms with Gasteiger partial charge in [0.1, 0.15) is 0 Å². The molecule has 0 aliphatic rings. The second-order valence-corrected chi connectivity index (χ2v) is 4.58. The maximum absolute atomic E-state index is 11.8. The fourth-order valence-corrected chi connectivity index (χ4v) is 1.94. The first kappa shape index (κ1) is 14.9. The summed E-state index contributed by atoms with van der Waals surface area (Å²) in [6.07, 6.45) is 15.6.